The Kier molecular flexibility index (Phi) is 2.89. The lowest BCUT2D eigenvalue weighted by atomic mass is 10.0. The maximum absolute atomic E-state index is 12.9. The van der Waals surface area contributed by atoms with E-state index in [1.54, 1.807) is 0 Å². The summed E-state index contributed by atoms with van der Waals surface area (Å²) in [7, 11) is 0. The van der Waals surface area contributed by atoms with Crippen LogP contribution in [0.1, 0.15) is 15.9 Å². The molecule has 16 heavy (non-hydrogen) atoms. The maximum Gasteiger partial charge on any atom is 0.458 e. The molecule has 0 amide bonds. The van der Waals surface area contributed by atoms with Gasteiger partial charge in [0.1, 0.15) is 0 Å². The Hall–Kier alpha value is -1.66. The van der Waals surface area contributed by atoms with Crippen LogP contribution in [0.4, 0.5) is 22.0 Å². The van der Waals surface area contributed by atoms with Crippen LogP contribution in [0.3, 0.4) is 0 Å². The zero-order chi connectivity index (χ0) is 12.6. The number of carboxylic acids is 1. The first-order chi connectivity index (χ1) is 7.18. The Balaban J connectivity index is 3.39. The summed E-state index contributed by atoms with van der Waals surface area (Å²) >= 11 is 0. The van der Waals surface area contributed by atoms with Crippen molar-refractivity contribution in [1.29, 1.82) is 0 Å². The first-order valence-corrected chi connectivity index (χ1v) is 3.95. The molecule has 1 rings (SSSR count). The quantitative estimate of drug-likeness (QED) is 0.806. The average molecular weight is 240 g/mol. The van der Waals surface area contributed by atoms with Crippen LogP contribution >= 0.6 is 0 Å². The van der Waals surface area contributed by atoms with Gasteiger partial charge in [0.15, 0.2) is 0 Å². The number of alkyl halides is 5. The second kappa shape index (κ2) is 3.73. The van der Waals surface area contributed by atoms with Gasteiger partial charge in [-0.25, -0.2) is 4.79 Å². The molecule has 0 fully saturated rings. The van der Waals surface area contributed by atoms with E-state index in [4.69, 9.17) is 5.11 Å². The molecule has 1 N–H and O–H groups in total. The van der Waals surface area contributed by atoms with Gasteiger partial charge in [0.2, 0.25) is 0 Å². The molecule has 2 nitrogen and oxygen atoms in total. The van der Waals surface area contributed by atoms with E-state index in [0.717, 1.165) is 12.1 Å². The highest BCUT2D eigenvalue weighted by Gasteiger charge is 2.59. The minimum atomic E-state index is -5.82. The van der Waals surface area contributed by atoms with Crippen molar-refractivity contribution in [3.63, 3.8) is 0 Å². The third kappa shape index (κ3) is 1.98. The van der Waals surface area contributed by atoms with Gasteiger partial charge in [-0.3, -0.25) is 0 Å². The molecule has 0 aromatic heterocycles. The predicted octanol–water partition coefficient (Wildman–Crippen LogP) is 3.04. The fraction of sp³-hybridized carbons (Fsp3) is 0.222. The molecule has 0 bridgehead atoms. The minimum absolute atomic E-state index is 0.441. The number of benzene rings is 1. The molecule has 0 saturated heterocycles. The van der Waals surface area contributed by atoms with E-state index in [-0.39, 0.29) is 0 Å². The van der Waals surface area contributed by atoms with E-state index in [2.05, 4.69) is 0 Å². The summed E-state index contributed by atoms with van der Waals surface area (Å²) in [5.41, 5.74) is -2.63. The number of carbonyl (C=O) groups is 1. The molecular formula is C9H5F5O2. The summed E-state index contributed by atoms with van der Waals surface area (Å²) in [6.07, 6.45) is -5.82. The molecular weight excluding hydrogens is 235 g/mol. The molecule has 0 unspecified atom stereocenters. The Bertz CT molecular complexity index is 411. The minimum Gasteiger partial charge on any atom is -0.478 e. The SMILES string of the molecule is O=C(O)c1ccccc1C(F)(F)C(F)(F)F. The molecule has 88 valence electrons. The van der Waals surface area contributed by atoms with Crippen LogP contribution in [0, 0.1) is 0 Å². The van der Waals surface area contributed by atoms with Crippen LogP contribution in [0.25, 0.3) is 0 Å². The Morgan fingerprint density at radius 2 is 1.56 bits per heavy atom. The lowest BCUT2D eigenvalue weighted by Gasteiger charge is -2.21. The van der Waals surface area contributed by atoms with Crippen LogP contribution < -0.4 is 0 Å². The summed E-state index contributed by atoms with van der Waals surface area (Å²) in [6.45, 7) is 0. The average Bonchev–Trinajstić information content (AvgIpc) is 2.16. The summed E-state index contributed by atoms with van der Waals surface area (Å²) in [6, 6.07) is 3.12. The van der Waals surface area contributed by atoms with Crippen molar-refractivity contribution in [2.45, 2.75) is 12.1 Å². The zero-order valence-electron chi connectivity index (χ0n) is 7.55. The van der Waals surface area contributed by atoms with Crippen molar-refractivity contribution in [3.8, 4) is 0 Å². The lowest BCUT2D eigenvalue weighted by Crippen LogP contribution is -2.35. The third-order valence-corrected chi connectivity index (χ3v) is 1.85. The number of hydrogen-bond acceptors (Lipinski definition) is 1. The van der Waals surface area contributed by atoms with Crippen LogP contribution in [-0.2, 0) is 5.92 Å². The van der Waals surface area contributed by atoms with Gasteiger partial charge in [-0.1, -0.05) is 18.2 Å². The van der Waals surface area contributed by atoms with Crippen LogP contribution in [0.2, 0.25) is 0 Å². The highest BCUT2D eigenvalue weighted by Crippen LogP contribution is 2.44. The standard InChI is InChI=1S/C9H5F5O2/c10-8(11,9(12,13)14)6-4-2-1-3-5(6)7(15)16/h1-4H,(H,15,16). The van der Waals surface area contributed by atoms with E-state index >= 15 is 0 Å². The topological polar surface area (TPSA) is 37.3 Å². The number of halogens is 5. The normalized spacial score (nSPS) is 12.6. The number of carboxylic acid groups (broad SMARTS) is 1. The van der Waals surface area contributed by atoms with Crippen LogP contribution in [0.5, 0.6) is 0 Å². The van der Waals surface area contributed by atoms with E-state index in [0.29, 0.717) is 12.1 Å². The summed E-state index contributed by atoms with van der Waals surface area (Å²) in [5, 5.41) is 8.49. The van der Waals surface area contributed by atoms with Crippen molar-refractivity contribution >= 4 is 5.97 Å². The summed E-state index contributed by atoms with van der Waals surface area (Å²) in [5.74, 6) is -7.01. The first kappa shape index (κ1) is 12.4. The summed E-state index contributed by atoms with van der Waals surface area (Å²) in [4.78, 5) is 10.5. The predicted molar refractivity (Wildman–Crippen MR) is 43.4 cm³/mol. The van der Waals surface area contributed by atoms with Crippen molar-refractivity contribution in [3.05, 3.63) is 35.4 Å². The highest BCUT2D eigenvalue weighted by molar-refractivity contribution is 5.89. The van der Waals surface area contributed by atoms with Gasteiger partial charge in [-0.15, -0.1) is 0 Å². The van der Waals surface area contributed by atoms with Gasteiger partial charge < -0.3 is 5.11 Å². The molecule has 0 spiro atoms. The molecule has 0 saturated carbocycles. The Labute approximate surface area is 86.3 Å². The second-order valence-electron chi connectivity index (χ2n) is 2.92. The number of aromatic carboxylic acids is 1. The van der Waals surface area contributed by atoms with E-state index in [1.165, 1.54) is 0 Å². The van der Waals surface area contributed by atoms with Crippen molar-refractivity contribution in [2.24, 2.45) is 0 Å². The number of rotatable bonds is 2. The molecule has 1 aromatic rings. The van der Waals surface area contributed by atoms with E-state index in [1.807, 2.05) is 0 Å². The molecule has 0 aliphatic carbocycles. The zero-order valence-corrected chi connectivity index (χ0v) is 7.55. The fourth-order valence-corrected chi connectivity index (χ4v) is 1.10. The van der Waals surface area contributed by atoms with Gasteiger partial charge in [-0.2, -0.15) is 22.0 Å². The lowest BCUT2D eigenvalue weighted by molar-refractivity contribution is -0.289. The number of hydrogen-bond donors (Lipinski definition) is 1. The van der Waals surface area contributed by atoms with E-state index < -0.39 is 29.2 Å². The van der Waals surface area contributed by atoms with Gasteiger partial charge in [0.25, 0.3) is 0 Å². The van der Waals surface area contributed by atoms with Crippen molar-refractivity contribution in [2.75, 3.05) is 0 Å². The van der Waals surface area contributed by atoms with Gasteiger partial charge >= 0.3 is 18.1 Å². The Morgan fingerprint density at radius 3 is 2.00 bits per heavy atom. The molecule has 1 aromatic carbocycles. The molecule has 7 heteroatoms. The molecule has 0 radical (unpaired) electrons. The molecule has 0 aliphatic heterocycles. The van der Waals surface area contributed by atoms with Crippen molar-refractivity contribution in [1.82, 2.24) is 0 Å². The monoisotopic (exact) mass is 240 g/mol. The largest absolute Gasteiger partial charge is 0.478 e. The fourth-order valence-electron chi connectivity index (χ4n) is 1.10. The van der Waals surface area contributed by atoms with Crippen LogP contribution in [0.15, 0.2) is 24.3 Å². The maximum atomic E-state index is 12.9. The third-order valence-electron chi connectivity index (χ3n) is 1.85. The van der Waals surface area contributed by atoms with E-state index in [9.17, 15) is 26.7 Å². The highest BCUT2D eigenvalue weighted by atomic mass is 19.4. The Morgan fingerprint density at radius 1 is 1.06 bits per heavy atom. The van der Waals surface area contributed by atoms with Gasteiger partial charge in [0.05, 0.1) is 5.56 Å². The molecule has 0 aliphatic rings. The smallest absolute Gasteiger partial charge is 0.458 e. The van der Waals surface area contributed by atoms with Crippen LogP contribution in [-0.4, -0.2) is 17.3 Å². The first-order valence-electron chi connectivity index (χ1n) is 3.95. The van der Waals surface area contributed by atoms with Gasteiger partial charge in [-0.05, 0) is 6.07 Å². The summed E-state index contributed by atoms with van der Waals surface area (Å²) < 4.78 is 61.8. The molecule has 0 heterocycles. The van der Waals surface area contributed by atoms with Crippen molar-refractivity contribution < 1.29 is 31.9 Å². The second-order valence-corrected chi connectivity index (χ2v) is 2.92. The van der Waals surface area contributed by atoms with Gasteiger partial charge in [0, 0.05) is 5.56 Å². The molecule has 0 atom stereocenters.